The van der Waals surface area contributed by atoms with Gasteiger partial charge in [-0.2, -0.15) is 4.31 Å². The Balaban J connectivity index is 2.29. The van der Waals surface area contributed by atoms with Crippen molar-refractivity contribution >= 4 is 27.6 Å². The number of phosphoric acid groups is 2. The zero-order valence-electron chi connectivity index (χ0n) is 19.1. The van der Waals surface area contributed by atoms with E-state index in [1.165, 1.54) is 0 Å². The standard InChI is InChI=1S/C15H23N5O17P2/c16-19-18-5-1-20(15(29)17-13(5)28)14-12(27)11(26)8(35-14)4-34-39(33,37-38(30,31)32)36-7(3-22)10(25)9(24)6(23)2-21/h1-2,6-12,14,22-27H,3-4H2,(H,17,28,29)(H2,30,31,32)/t6-,7+,8+,9+,10+,11+,12+,14+,39?/m0/s1. The summed E-state index contributed by atoms with van der Waals surface area (Å²) in [5.41, 5.74) is 5.60. The zero-order chi connectivity index (χ0) is 29.7. The molecule has 0 bridgehead atoms. The van der Waals surface area contributed by atoms with Gasteiger partial charge in [-0.25, -0.2) is 13.9 Å². The Morgan fingerprint density at radius 1 is 1.21 bits per heavy atom. The fourth-order valence-electron chi connectivity index (χ4n) is 3.12. The van der Waals surface area contributed by atoms with Crippen molar-refractivity contribution in [2.75, 3.05) is 13.2 Å². The molecular weight excluding hydrogens is 584 g/mol. The van der Waals surface area contributed by atoms with E-state index in [0.29, 0.717) is 10.8 Å². The summed E-state index contributed by atoms with van der Waals surface area (Å²) in [5.74, 6) is 0. The van der Waals surface area contributed by atoms with Crippen LogP contribution in [0.15, 0.2) is 20.9 Å². The predicted molar refractivity (Wildman–Crippen MR) is 119 cm³/mol. The third kappa shape index (κ3) is 8.32. The molecule has 220 valence electrons. The second kappa shape index (κ2) is 13.3. The topological polar surface area (TPSA) is 354 Å². The molecule has 9 atom stereocenters. The highest BCUT2D eigenvalue weighted by Crippen LogP contribution is 2.62. The van der Waals surface area contributed by atoms with Crippen LogP contribution in [-0.2, 0) is 32.0 Å². The van der Waals surface area contributed by atoms with Crippen LogP contribution in [0.25, 0.3) is 10.4 Å². The number of carbonyl (C=O) groups excluding carboxylic acids is 1. The summed E-state index contributed by atoms with van der Waals surface area (Å²) in [7, 11) is -11.3. The number of hydrogen-bond donors (Lipinski definition) is 9. The number of aliphatic hydroxyl groups is 6. The smallest absolute Gasteiger partial charge is 0.394 e. The zero-order valence-corrected chi connectivity index (χ0v) is 20.9. The molecule has 24 heteroatoms. The summed E-state index contributed by atoms with van der Waals surface area (Å²) in [6.07, 6.45) is -16.2. The molecule has 1 aromatic heterocycles. The number of aldehydes is 1. The van der Waals surface area contributed by atoms with Crippen LogP contribution in [0.4, 0.5) is 5.69 Å². The fraction of sp³-hybridized carbons (Fsp3) is 0.667. The highest BCUT2D eigenvalue weighted by atomic mass is 31.3. The average molecular weight is 607 g/mol. The van der Waals surface area contributed by atoms with Crippen LogP contribution in [0.3, 0.4) is 0 Å². The fourth-order valence-corrected chi connectivity index (χ4v) is 5.42. The van der Waals surface area contributed by atoms with Crippen molar-refractivity contribution in [1.29, 1.82) is 0 Å². The third-order valence-corrected chi connectivity index (χ3v) is 7.63. The minimum atomic E-state index is -5.72. The minimum Gasteiger partial charge on any atom is -0.394 e. The molecular formula is C15H23N5O17P2. The largest absolute Gasteiger partial charge is 0.484 e. The average Bonchev–Trinajstić information content (AvgIpc) is 3.14. The molecule has 0 aromatic carbocycles. The number of aromatic nitrogens is 2. The van der Waals surface area contributed by atoms with Gasteiger partial charge in [0.25, 0.3) is 5.56 Å². The Hall–Kier alpha value is -2.36. The maximum Gasteiger partial charge on any atom is 0.484 e. The molecule has 39 heavy (non-hydrogen) atoms. The molecule has 9 N–H and O–H groups in total. The maximum absolute atomic E-state index is 12.9. The Morgan fingerprint density at radius 2 is 1.85 bits per heavy atom. The van der Waals surface area contributed by atoms with Gasteiger partial charge in [0.05, 0.1) is 13.2 Å². The van der Waals surface area contributed by atoms with E-state index in [2.05, 4.69) is 18.9 Å². The second-order valence-electron chi connectivity index (χ2n) is 7.67. The molecule has 2 heterocycles. The van der Waals surface area contributed by atoms with E-state index in [1.807, 2.05) is 0 Å². The number of nitrogens with one attached hydrogen (secondary N) is 1. The van der Waals surface area contributed by atoms with Crippen LogP contribution < -0.4 is 11.2 Å². The van der Waals surface area contributed by atoms with Crippen molar-refractivity contribution in [3.8, 4) is 0 Å². The lowest BCUT2D eigenvalue weighted by Gasteiger charge is -2.29. The maximum atomic E-state index is 12.9. The van der Waals surface area contributed by atoms with Gasteiger partial charge in [0.2, 0.25) is 0 Å². The first-order valence-electron chi connectivity index (χ1n) is 10.3. The van der Waals surface area contributed by atoms with E-state index < -0.39 is 94.8 Å². The summed E-state index contributed by atoms with van der Waals surface area (Å²) in [4.78, 5) is 56.8. The number of rotatable bonds is 14. The van der Waals surface area contributed by atoms with Crippen molar-refractivity contribution < 1.29 is 72.4 Å². The Bertz CT molecular complexity index is 1280. The molecule has 0 saturated carbocycles. The summed E-state index contributed by atoms with van der Waals surface area (Å²) in [6, 6.07) is 0. The Labute approximate surface area is 215 Å². The molecule has 2 rings (SSSR count). The van der Waals surface area contributed by atoms with Gasteiger partial charge in [0.1, 0.15) is 48.4 Å². The molecule has 1 aliphatic heterocycles. The highest BCUT2D eigenvalue weighted by molar-refractivity contribution is 7.61. The number of H-pyrrole nitrogens is 1. The minimum absolute atomic E-state index is 0.214. The monoisotopic (exact) mass is 607 g/mol. The first kappa shape index (κ1) is 32.8. The molecule has 1 fully saturated rings. The van der Waals surface area contributed by atoms with Crippen LogP contribution in [0.2, 0.25) is 0 Å². The molecule has 0 aliphatic carbocycles. The molecule has 1 aliphatic rings. The van der Waals surface area contributed by atoms with Gasteiger partial charge in [-0.05, 0) is 5.53 Å². The van der Waals surface area contributed by atoms with Crippen LogP contribution in [-0.4, -0.2) is 112 Å². The summed E-state index contributed by atoms with van der Waals surface area (Å²) in [6.45, 7) is -2.52. The molecule has 1 aromatic rings. The lowest BCUT2D eigenvalue weighted by atomic mass is 10.0. The SMILES string of the molecule is [N-]=[N+]=Nc1cn([C@@H]2O[C@H](COP(=O)(O[C@H](CO)[C@@H](O)[C@H](O)[C@@H](O)C=O)OP(=O)(O)O)[C@@H](O)[C@H]2O)c(=O)[nH]c1=O. The lowest BCUT2D eigenvalue weighted by molar-refractivity contribution is -0.135. The van der Waals surface area contributed by atoms with Crippen LogP contribution in [0.1, 0.15) is 6.23 Å². The van der Waals surface area contributed by atoms with Gasteiger partial charge in [0, 0.05) is 11.1 Å². The van der Waals surface area contributed by atoms with Gasteiger partial charge in [-0.3, -0.25) is 23.4 Å². The lowest BCUT2D eigenvalue weighted by Crippen LogP contribution is -2.47. The normalized spacial score (nSPS) is 26.2. The van der Waals surface area contributed by atoms with Crippen LogP contribution >= 0.6 is 15.6 Å². The van der Waals surface area contributed by atoms with Gasteiger partial charge in [0.15, 0.2) is 12.5 Å². The quantitative estimate of drug-likeness (QED) is 0.0320. The van der Waals surface area contributed by atoms with E-state index in [9.17, 15) is 54.2 Å². The number of hydrogen-bond acceptors (Lipinski definition) is 16. The number of ether oxygens (including phenoxy) is 1. The Kier molecular flexibility index (Phi) is 11.2. The van der Waals surface area contributed by atoms with E-state index >= 15 is 0 Å². The molecule has 1 unspecified atom stereocenters. The van der Waals surface area contributed by atoms with Gasteiger partial charge >= 0.3 is 21.3 Å². The van der Waals surface area contributed by atoms with E-state index in [4.69, 9.17) is 24.6 Å². The molecule has 22 nitrogen and oxygen atoms in total. The summed E-state index contributed by atoms with van der Waals surface area (Å²) >= 11 is 0. The van der Waals surface area contributed by atoms with Crippen molar-refractivity contribution in [3.05, 3.63) is 37.5 Å². The first-order chi connectivity index (χ1) is 18.1. The number of azide groups is 1. The van der Waals surface area contributed by atoms with Crippen molar-refractivity contribution in [3.63, 3.8) is 0 Å². The number of aromatic amines is 1. The number of phosphoric ester groups is 1. The highest BCUT2D eigenvalue weighted by Gasteiger charge is 2.48. The summed E-state index contributed by atoms with van der Waals surface area (Å²) in [5, 5.41) is 62.1. The molecule has 0 radical (unpaired) electrons. The second-order valence-corrected chi connectivity index (χ2v) is 10.7. The van der Waals surface area contributed by atoms with Crippen molar-refractivity contribution in [2.45, 2.75) is 49.0 Å². The van der Waals surface area contributed by atoms with Gasteiger partial charge in [-0.1, -0.05) is 5.11 Å². The van der Waals surface area contributed by atoms with E-state index in [0.717, 1.165) is 0 Å². The van der Waals surface area contributed by atoms with Crippen LogP contribution in [0, 0.1) is 0 Å². The van der Waals surface area contributed by atoms with Crippen molar-refractivity contribution in [1.82, 2.24) is 9.55 Å². The number of carbonyl (C=O) groups is 1. The number of nitrogens with zero attached hydrogens (tertiary/aromatic N) is 4. The summed E-state index contributed by atoms with van der Waals surface area (Å²) < 4.78 is 43.4. The van der Waals surface area contributed by atoms with Gasteiger partial charge < -0.3 is 50.0 Å². The van der Waals surface area contributed by atoms with E-state index in [1.54, 1.807) is 4.98 Å². The number of aliphatic hydroxyl groups excluding tert-OH is 6. The van der Waals surface area contributed by atoms with Crippen LogP contribution in [0.5, 0.6) is 0 Å². The van der Waals surface area contributed by atoms with Gasteiger partial charge in [-0.15, -0.1) is 0 Å². The molecule has 0 amide bonds. The van der Waals surface area contributed by atoms with Crippen molar-refractivity contribution in [2.24, 2.45) is 5.11 Å². The molecule has 1 saturated heterocycles. The molecule has 0 spiro atoms. The third-order valence-electron chi connectivity index (χ3n) is 4.98. The Morgan fingerprint density at radius 3 is 2.38 bits per heavy atom. The first-order valence-corrected chi connectivity index (χ1v) is 13.3. The predicted octanol–water partition coefficient (Wildman–Crippen LogP) is -4.01. The van der Waals surface area contributed by atoms with E-state index in [-0.39, 0.29) is 6.29 Å².